The molecule has 0 aromatic heterocycles. The molecule has 0 saturated heterocycles. The van der Waals surface area contributed by atoms with Crippen LogP contribution in [0.3, 0.4) is 0 Å². The van der Waals surface area contributed by atoms with E-state index in [2.05, 4.69) is 5.32 Å². The lowest BCUT2D eigenvalue weighted by atomic mass is 10.0. The molecule has 4 nitrogen and oxygen atoms in total. The molecule has 1 atom stereocenters. The zero-order chi connectivity index (χ0) is 12.2. The standard InChI is InChI=1S/C12H22N2O2/c1-12(16,9-14(2)3)8-13-11(15)10-6-4-5-7-10/h4-5,10,16H,6-9H2,1-3H3,(H,13,15). The van der Waals surface area contributed by atoms with Crippen molar-refractivity contribution in [3.05, 3.63) is 12.2 Å². The number of aliphatic hydroxyl groups is 1. The second-order valence-corrected chi connectivity index (χ2v) is 5.09. The molecule has 0 heterocycles. The molecule has 16 heavy (non-hydrogen) atoms. The molecule has 0 aliphatic heterocycles. The van der Waals surface area contributed by atoms with Gasteiger partial charge in [0, 0.05) is 19.0 Å². The van der Waals surface area contributed by atoms with E-state index in [0.29, 0.717) is 13.1 Å². The van der Waals surface area contributed by atoms with Crippen molar-refractivity contribution in [1.29, 1.82) is 0 Å². The highest BCUT2D eigenvalue weighted by Crippen LogP contribution is 2.17. The Morgan fingerprint density at radius 3 is 2.56 bits per heavy atom. The van der Waals surface area contributed by atoms with Crippen LogP contribution in [0.5, 0.6) is 0 Å². The average Bonchev–Trinajstić information content (AvgIpc) is 2.64. The molecule has 0 aromatic carbocycles. The van der Waals surface area contributed by atoms with Gasteiger partial charge in [0.25, 0.3) is 0 Å². The highest BCUT2D eigenvalue weighted by molar-refractivity contribution is 5.79. The number of amides is 1. The third-order valence-corrected chi connectivity index (χ3v) is 2.68. The van der Waals surface area contributed by atoms with Crippen LogP contribution in [-0.2, 0) is 4.79 Å². The lowest BCUT2D eigenvalue weighted by Crippen LogP contribution is -2.48. The first-order chi connectivity index (χ1) is 7.41. The van der Waals surface area contributed by atoms with E-state index in [4.69, 9.17) is 0 Å². The summed E-state index contributed by atoms with van der Waals surface area (Å²) in [5, 5.41) is 12.8. The number of likely N-dealkylation sites (N-methyl/N-ethyl adjacent to an activating group) is 1. The first-order valence-corrected chi connectivity index (χ1v) is 5.70. The Hall–Kier alpha value is -0.870. The minimum atomic E-state index is -0.870. The lowest BCUT2D eigenvalue weighted by molar-refractivity contribution is -0.125. The number of carbonyl (C=O) groups is 1. The number of hydrogen-bond donors (Lipinski definition) is 2. The maximum absolute atomic E-state index is 11.7. The van der Waals surface area contributed by atoms with Gasteiger partial charge in [-0.2, -0.15) is 0 Å². The number of allylic oxidation sites excluding steroid dienone is 2. The topological polar surface area (TPSA) is 52.6 Å². The van der Waals surface area contributed by atoms with E-state index < -0.39 is 5.60 Å². The Bertz CT molecular complexity index is 264. The fourth-order valence-electron chi connectivity index (χ4n) is 1.99. The molecule has 0 spiro atoms. The van der Waals surface area contributed by atoms with Crippen LogP contribution in [0.25, 0.3) is 0 Å². The number of hydrogen-bond acceptors (Lipinski definition) is 3. The van der Waals surface area contributed by atoms with Crippen LogP contribution in [0.15, 0.2) is 12.2 Å². The number of rotatable bonds is 5. The summed E-state index contributed by atoms with van der Waals surface area (Å²) in [6.07, 6.45) is 5.70. The Labute approximate surface area is 97.3 Å². The van der Waals surface area contributed by atoms with E-state index in [1.165, 1.54) is 0 Å². The Kier molecular flexibility index (Phi) is 4.50. The minimum Gasteiger partial charge on any atom is -0.387 e. The van der Waals surface area contributed by atoms with Crippen LogP contribution >= 0.6 is 0 Å². The van der Waals surface area contributed by atoms with Crippen LogP contribution in [0, 0.1) is 5.92 Å². The second kappa shape index (κ2) is 5.46. The molecule has 1 amide bonds. The number of nitrogens with one attached hydrogen (secondary N) is 1. The zero-order valence-corrected chi connectivity index (χ0v) is 10.4. The van der Waals surface area contributed by atoms with Gasteiger partial charge in [-0.1, -0.05) is 12.2 Å². The maximum Gasteiger partial charge on any atom is 0.223 e. The molecule has 92 valence electrons. The summed E-state index contributed by atoms with van der Waals surface area (Å²) < 4.78 is 0. The fraction of sp³-hybridized carbons (Fsp3) is 0.750. The molecule has 1 rings (SSSR count). The second-order valence-electron chi connectivity index (χ2n) is 5.09. The normalized spacial score (nSPS) is 20.1. The Morgan fingerprint density at radius 2 is 2.06 bits per heavy atom. The van der Waals surface area contributed by atoms with Crippen molar-refractivity contribution >= 4 is 5.91 Å². The molecule has 0 radical (unpaired) electrons. The quantitative estimate of drug-likeness (QED) is 0.666. The van der Waals surface area contributed by atoms with Crippen LogP contribution in [0.2, 0.25) is 0 Å². The molecular weight excluding hydrogens is 204 g/mol. The molecule has 0 saturated carbocycles. The predicted molar refractivity (Wildman–Crippen MR) is 64.1 cm³/mol. The zero-order valence-electron chi connectivity index (χ0n) is 10.4. The first-order valence-electron chi connectivity index (χ1n) is 5.70. The fourth-order valence-corrected chi connectivity index (χ4v) is 1.99. The Balaban J connectivity index is 2.30. The van der Waals surface area contributed by atoms with Crippen molar-refractivity contribution in [2.45, 2.75) is 25.4 Å². The SMILES string of the molecule is CN(C)CC(C)(O)CNC(=O)C1CC=CC1. The van der Waals surface area contributed by atoms with Gasteiger partial charge in [0.2, 0.25) is 5.91 Å². The minimum absolute atomic E-state index is 0.0454. The Morgan fingerprint density at radius 1 is 1.50 bits per heavy atom. The summed E-state index contributed by atoms with van der Waals surface area (Å²) >= 11 is 0. The van der Waals surface area contributed by atoms with Gasteiger partial charge >= 0.3 is 0 Å². The third kappa shape index (κ3) is 4.33. The van der Waals surface area contributed by atoms with Crippen LogP contribution in [-0.4, -0.2) is 48.7 Å². The van der Waals surface area contributed by atoms with Gasteiger partial charge in [-0.3, -0.25) is 4.79 Å². The number of carbonyl (C=O) groups excluding carboxylic acids is 1. The van der Waals surface area contributed by atoms with Gasteiger partial charge in [-0.15, -0.1) is 0 Å². The van der Waals surface area contributed by atoms with E-state index in [1.54, 1.807) is 6.92 Å². The van der Waals surface area contributed by atoms with Gasteiger partial charge in [-0.05, 0) is 33.9 Å². The van der Waals surface area contributed by atoms with Crippen LogP contribution in [0.1, 0.15) is 19.8 Å². The smallest absolute Gasteiger partial charge is 0.223 e. The van der Waals surface area contributed by atoms with Crippen molar-refractivity contribution < 1.29 is 9.90 Å². The summed E-state index contributed by atoms with van der Waals surface area (Å²) in [6, 6.07) is 0. The molecule has 1 aliphatic carbocycles. The van der Waals surface area contributed by atoms with E-state index in [-0.39, 0.29) is 11.8 Å². The van der Waals surface area contributed by atoms with E-state index in [1.807, 2.05) is 31.1 Å². The molecule has 1 aliphatic rings. The molecular formula is C12H22N2O2. The summed E-state index contributed by atoms with van der Waals surface area (Å²) in [7, 11) is 3.80. The van der Waals surface area contributed by atoms with E-state index in [9.17, 15) is 9.90 Å². The third-order valence-electron chi connectivity index (χ3n) is 2.68. The summed E-state index contributed by atoms with van der Waals surface area (Å²) in [5.41, 5.74) is -0.870. The highest BCUT2D eigenvalue weighted by Gasteiger charge is 2.25. The van der Waals surface area contributed by atoms with Gasteiger partial charge in [0.1, 0.15) is 0 Å². The lowest BCUT2D eigenvalue weighted by Gasteiger charge is -2.27. The first kappa shape index (κ1) is 13.2. The van der Waals surface area contributed by atoms with E-state index in [0.717, 1.165) is 12.8 Å². The van der Waals surface area contributed by atoms with Crippen molar-refractivity contribution in [1.82, 2.24) is 10.2 Å². The van der Waals surface area contributed by atoms with Gasteiger partial charge in [-0.25, -0.2) is 0 Å². The highest BCUT2D eigenvalue weighted by atomic mass is 16.3. The van der Waals surface area contributed by atoms with E-state index >= 15 is 0 Å². The average molecular weight is 226 g/mol. The van der Waals surface area contributed by atoms with Crippen molar-refractivity contribution in [3.8, 4) is 0 Å². The molecule has 0 bridgehead atoms. The largest absolute Gasteiger partial charge is 0.387 e. The van der Waals surface area contributed by atoms with Gasteiger partial charge in [0.05, 0.1) is 5.60 Å². The predicted octanol–water partition coefficient (Wildman–Crippen LogP) is 0.381. The van der Waals surface area contributed by atoms with Crippen molar-refractivity contribution in [2.75, 3.05) is 27.2 Å². The summed E-state index contributed by atoms with van der Waals surface area (Å²) in [5.74, 6) is 0.110. The van der Waals surface area contributed by atoms with Crippen molar-refractivity contribution in [3.63, 3.8) is 0 Å². The molecule has 2 N–H and O–H groups in total. The summed E-state index contributed by atoms with van der Waals surface area (Å²) in [6.45, 7) is 2.58. The van der Waals surface area contributed by atoms with Crippen LogP contribution in [0.4, 0.5) is 0 Å². The van der Waals surface area contributed by atoms with Crippen molar-refractivity contribution in [2.24, 2.45) is 5.92 Å². The monoisotopic (exact) mass is 226 g/mol. The molecule has 0 aromatic rings. The molecule has 4 heteroatoms. The summed E-state index contributed by atoms with van der Waals surface area (Å²) in [4.78, 5) is 13.6. The van der Waals surface area contributed by atoms with Gasteiger partial charge < -0.3 is 15.3 Å². The molecule has 1 unspecified atom stereocenters. The molecule has 0 fully saturated rings. The van der Waals surface area contributed by atoms with Crippen LogP contribution < -0.4 is 5.32 Å². The van der Waals surface area contributed by atoms with Gasteiger partial charge in [0.15, 0.2) is 0 Å². The maximum atomic E-state index is 11.7. The number of nitrogens with zero attached hydrogens (tertiary/aromatic N) is 1.